The second-order valence-electron chi connectivity index (χ2n) is 8.13. The van der Waals surface area contributed by atoms with Crippen molar-refractivity contribution in [1.82, 2.24) is 19.5 Å². The van der Waals surface area contributed by atoms with E-state index in [1.54, 1.807) is 38.7 Å². The SMILES string of the molecule is COc1ccc([C@@H]2C[C@]2(C)COc2nc(C)ncc2-c2ccn(CCO)c(=O)c2)nc1. The van der Waals surface area contributed by atoms with Gasteiger partial charge in [0.25, 0.3) is 5.56 Å². The first kappa shape index (κ1) is 21.0. The van der Waals surface area contributed by atoms with Crippen LogP contribution in [-0.2, 0) is 6.54 Å². The lowest BCUT2D eigenvalue weighted by Crippen LogP contribution is -2.20. The Morgan fingerprint density at radius 3 is 2.77 bits per heavy atom. The summed E-state index contributed by atoms with van der Waals surface area (Å²) < 4.78 is 12.8. The van der Waals surface area contributed by atoms with Gasteiger partial charge in [0, 0.05) is 42.0 Å². The first-order chi connectivity index (χ1) is 14.9. The van der Waals surface area contributed by atoms with E-state index in [1.165, 1.54) is 10.6 Å². The summed E-state index contributed by atoms with van der Waals surface area (Å²) in [5.74, 6) is 2.11. The van der Waals surface area contributed by atoms with Crippen LogP contribution in [0.15, 0.2) is 47.7 Å². The molecule has 3 aromatic heterocycles. The van der Waals surface area contributed by atoms with Crippen LogP contribution in [0.1, 0.15) is 30.8 Å². The molecule has 0 bridgehead atoms. The molecular formula is C23H26N4O4. The number of rotatable bonds is 8. The highest BCUT2D eigenvalue weighted by molar-refractivity contribution is 5.67. The molecule has 0 aromatic carbocycles. The smallest absolute Gasteiger partial charge is 0.251 e. The number of pyridine rings is 2. The van der Waals surface area contributed by atoms with Crippen LogP contribution >= 0.6 is 0 Å². The number of aromatic nitrogens is 4. The van der Waals surface area contributed by atoms with Crippen molar-refractivity contribution in [3.63, 3.8) is 0 Å². The minimum atomic E-state index is -0.196. The topological polar surface area (TPSA) is 99.4 Å². The van der Waals surface area contributed by atoms with Crippen molar-refractivity contribution < 1.29 is 14.6 Å². The van der Waals surface area contributed by atoms with Gasteiger partial charge in [-0.25, -0.2) is 4.98 Å². The van der Waals surface area contributed by atoms with E-state index in [4.69, 9.17) is 14.6 Å². The van der Waals surface area contributed by atoms with Gasteiger partial charge in [-0.15, -0.1) is 0 Å². The molecule has 0 amide bonds. The van der Waals surface area contributed by atoms with Gasteiger partial charge in [0.1, 0.15) is 11.6 Å². The molecule has 4 rings (SSSR count). The number of aliphatic hydroxyl groups is 1. The average Bonchev–Trinajstić information content (AvgIpc) is 3.45. The summed E-state index contributed by atoms with van der Waals surface area (Å²) in [6, 6.07) is 7.24. The van der Waals surface area contributed by atoms with Crippen LogP contribution in [0.5, 0.6) is 11.6 Å². The second kappa shape index (κ2) is 8.47. The summed E-state index contributed by atoms with van der Waals surface area (Å²) in [6.45, 7) is 4.62. The molecule has 31 heavy (non-hydrogen) atoms. The summed E-state index contributed by atoms with van der Waals surface area (Å²) in [5, 5.41) is 9.08. The quantitative estimate of drug-likeness (QED) is 0.596. The van der Waals surface area contributed by atoms with Crippen LogP contribution in [0.3, 0.4) is 0 Å². The number of hydrogen-bond acceptors (Lipinski definition) is 7. The van der Waals surface area contributed by atoms with E-state index in [0.717, 1.165) is 17.9 Å². The van der Waals surface area contributed by atoms with Crippen LogP contribution in [0, 0.1) is 12.3 Å². The fourth-order valence-corrected chi connectivity index (χ4v) is 3.71. The minimum Gasteiger partial charge on any atom is -0.495 e. The Bertz CT molecular complexity index is 1130. The third kappa shape index (κ3) is 4.44. The van der Waals surface area contributed by atoms with E-state index in [9.17, 15) is 4.79 Å². The molecule has 2 atom stereocenters. The number of nitrogens with zero attached hydrogens (tertiary/aromatic N) is 4. The predicted molar refractivity (Wildman–Crippen MR) is 115 cm³/mol. The molecule has 0 aliphatic heterocycles. The highest BCUT2D eigenvalue weighted by atomic mass is 16.5. The molecule has 1 N–H and O–H groups in total. The Hall–Kier alpha value is -3.26. The van der Waals surface area contributed by atoms with Crippen molar-refractivity contribution >= 4 is 0 Å². The third-order valence-corrected chi connectivity index (χ3v) is 5.76. The fourth-order valence-electron chi connectivity index (χ4n) is 3.71. The van der Waals surface area contributed by atoms with E-state index < -0.39 is 0 Å². The van der Waals surface area contributed by atoms with Crippen molar-refractivity contribution in [3.8, 4) is 22.8 Å². The van der Waals surface area contributed by atoms with E-state index >= 15 is 0 Å². The van der Waals surface area contributed by atoms with Crippen LogP contribution in [0.25, 0.3) is 11.1 Å². The maximum Gasteiger partial charge on any atom is 0.251 e. The maximum atomic E-state index is 12.3. The van der Waals surface area contributed by atoms with Gasteiger partial charge in [-0.3, -0.25) is 9.78 Å². The van der Waals surface area contributed by atoms with Crippen molar-refractivity contribution in [2.24, 2.45) is 5.41 Å². The highest BCUT2D eigenvalue weighted by Crippen LogP contribution is 2.58. The van der Waals surface area contributed by atoms with Crippen LogP contribution in [0.4, 0.5) is 0 Å². The lowest BCUT2D eigenvalue weighted by atomic mass is 10.1. The molecule has 0 spiro atoms. The largest absolute Gasteiger partial charge is 0.495 e. The lowest BCUT2D eigenvalue weighted by Gasteiger charge is -2.16. The van der Waals surface area contributed by atoms with Crippen molar-refractivity contribution in [3.05, 3.63) is 64.7 Å². The second-order valence-corrected chi connectivity index (χ2v) is 8.13. The Labute approximate surface area is 180 Å². The molecule has 1 fully saturated rings. The van der Waals surface area contributed by atoms with Gasteiger partial charge in [0.15, 0.2) is 0 Å². The van der Waals surface area contributed by atoms with E-state index in [-0.39, 0.29) is 24.1 Å². The summed E-state index contributed by atoms with van der Waals surface area (Å²) >= 11 is 0. The highest BCUT2D eigenvalue weighted by Gasteiger charge is 2.52. The van der Waals surface area contributed by atoms with Crippen molar-refractivity contribution in [2.75, 3.05) is 20.3 Å². The molecule has 0 unspecified atom stereocenters. The Kier molecular flexibility index (Phi) is 5.73. The third-order valence-electron chi connectivity index (χ3n) is 5.76. The average molecular weight is 422 g/mol. The molecule has 3 aromatic rings. The summed E-state index contributed by atoms with van der Waals surface area (Å²) in [4.78, 5) is 25.6. The molecule has 8 heteroatoms. The molecular weight excluding hydrogens is 396 g/mol. The standard InChI is InChI=1S/C23H26N4O4/c1-15-24-13-18(16-6-7-27(8-9-28)21(29)10-16)22(26-15)31-14-23(2)11-19(23)20-5-4-17(30-3)12-25-20/h4-7,10,12-13,19,28H,8-9,11,14H2,1-3H3/t19-,23+/m0/s1. The fraction of sp³-hybridized carbons (Fsp3) is 0.391. The number of ether oxygens (including phenoxy) is 2. The molecule has 0 radical (unpaired) electrons. The minimum absolute atomic E-state index is 0.0394. The molecule has 0 saturated heterocycles. The van der Waals surface area contributed by atoms with Crippen LogP contribution < -0.4 is 15.0 Å². The molecule has 3 heterocycles. The number of methoxy groups -OCH3 is 1. The van der Waals surface area contributed by atoms with E-state index in [1.807, 2.05) is 12.1 Å². The van der Waals surface area contributed by atoms with Gasteiger partial charge < -0.3 is 19.1 Å². The van der Waals surface area contributed by atoms with E-state index in [0.29, 0.717) is 35.4 Å². The zero-order valence-electron chi connectivity index (χ0n) is 17.9. The number of aryl methyl sites for hydroxylation is 1. The lowest BCUT2D eigenvalue weighted by molar-refractivity contribution is 0.234. The zero-order chi connectivity index (χ0) is 22.0. The monoisotopic (exact) mass is 422 g/mol. The molecule has 1 saturated carbocycles. The molecule has 1 aliphatic carbocycles. The molecule has 1 aliphatic rings. The van der Waals surface area contributed by atoms with Gasteiger partial charge in [0.05, 0.1) is 32.1 Å². The molecule has 162 valence electrons. The van der Waals surface area contributed by atoms with Crippen molar-refractivity contribution in [2.45, 2.75) is 32.7 Å². The van der Waals surface area contributed by atoms with E-state index in [2.05, 4.69) is 21.9 Å². The van der Waals surface area contributed by atoms with Gasteiger partial charge >= 0.3 is 0 Å². The summed E-state index contributed by atoms with van der Waals surface area (Å²) in [7, 11) is 1.63. The zero-order valence-corrected chi connectivity index (χ0v) is 17.9. The van der Waals surface area contributed by atoms with Crippen molar-refractivity contribution in [1.29, 1.82) is 0 Å². The first-order valence-electron chi connectivity index (χ1n) is 10.2. The first-order valence-corrected chi connectivity index (χ1v) is 10.2. The van der Waals surface area contributed by atoms with Gasteiger partial charge in [-0.05, 0) is 37.1 Å². The summed E-state index contributed by atoms with van der Waals surface area (Å²) in [6.07, 6.45) is 6.05. The Morgan fingerprint density at radius 2 is 2.10 bits per heavy atom. The number of hydrogen-bond donors (Lipinski definition) is 1. The summed E-state index contributed by atoms with van der Waals surface area (Å²) in [5.41, 5.74) is 2.14. The Morgan fingerprint density at radius 1 is 1.26 bits per heavy atom. The van der Waals surface area contributed by atoms with Crippen LogP contribution in [0.2, 0.25) is 0 Å². The maximum absolute atomic E-state index is 12.3. The predicted octanol–water partition coefficient (Wildman–Crippen LogP) is 2.58. The van der Waals surface area contributed by atoms with Gasteiger partial charge in [-0.1, -0.05) is 6.92 Å². The van der Waals surface area contributed by atoms with Gasteiger partial charge in [0.2, 0.25) is 5.88 Å². The van der Waals surface area contributed by atoms with Gasteiger partial charge in [-0.2, -0.15) is 4.98 Å². The number of aliphatic hydroxyl groups excluding tert-OH is 1. The Balaban J connectivity index is 1.52. The normalized spacial score (nSPS) is 19.8. The molecule has 8 nitrogen and oxygen atoms in total. The van der Waals surface area contributed by atoms with Crippen LogP contribution in [-0.4, -0.2) is 44.9 Å².